The van der Waals surface area contributed by atoms with Gasteiger partial charge in [-0.15, -0.1) is 0 Å². The Bertz CT molecular complexity index is 286. The van der Waals surface area contributed by atoms with E-state index in [1.54, 1.807) is 0 Å². The Morgan fingerprint density at radius 1 is 1.23 bits per heavy atom. The van der Waals surface area contributed by atoms with Crippen LogP contribution in [0, 0.1) is 11.8 Å². The highest BCUT2D eigenvalue weighted by Crippen LogP contribution is 2.40. The topological polar surface area (TPSA) is 54.4 Å². The third-order valence-electron chi connectivity index (χ3n) is 2.99. The molecule has 0 aromatic heterocycles. The van der Waals surface area contributed by atoms with Gasteiger partial charge in [0.1, 0.15) is 0 Å². The van der Waals surface area contributed by atoms with Gasteiger partial charge in [0.15, 0.2) is 0 Å². The van der Waals surface area contributed by atoms with E-state index in [1.165, 1.54) is 0 Å². The molecule has 0 amide bonds. The van der Waals surface area contributed by atoms with Gasteiger partial charge in [-0.3, -0.25) is 0 Å². The lowest BCUT2D eigenvalue weighted by Gasteiger charge is -2.36. The summed E-state index contributed by atoms with van der Waals surface area (Å²) in [7, 11) is -1.77. The molecule has 3 unspecified atom stereocenters. The van der Waals surface area contributed by atoms with E-state index in [1.807, 2.05) is 0 Å². The molecule has 1 N–H and O–H groups in total. The van der Waals surface area contributed by atoms with Gasteiger partial charge in [0.05, 0.1) is 11.9 Å². The first-order chi connectivity index (χ1) is 6.07. The summed E-state index contributed by atoms with van der Waals surface area (Å²) in [5.74, 6) is 1.76. The zero-order chi connectivity index (χ0) is 9.47. The molecule has 0 spiro atoms. The molecule has 76 valence electrons. The van der Waals surface area contributed by atoms with Crippen molar-refractivity contribution in [3.63, 3.8) is 0 Å². The predicted octanol–water partition coefficient (Wildman–Crippen LogP) is 0.840. The smallest absolute Gasteiger partial charge is 0.201 e. The van der Waals surface area contributed by atoms with Crippen LogP contribution in [-0.2, 0) is 8.87 Å². The summed E-state index contributed by atoms with van der Waals surface area (Å²) < 4.78 is 22.6. The minimum absolute atomic E-state index is 0.218. The molecule has 0 aromatic carbocycles. The molecule has 3 atom stereocenters. The average Bonchev–Trinajstić information content (AvgIpc) is 2.01. The van der Waals surface area contributed by atoms with E-state index >= 15 is 0 Å². The molecular formula is C8H14O3S2. The van der Waals surface area contributed by atoms with Crippen LogP contribution in [0.2, 0.25) is 0 Å². The predicted molar refractivity (Wildman–Crippen MR) is 53.1 cm³/mol. The van der Waals surface area contributed by atoms with Crippen LogP contribution in [-0.4, -0.2) is 31.1 Å². The molecule has 3 nitrogen and oxygen atoms in total. The second-order valence-electron chi connectivity index (χ2n) is 4.00. The summed E-state index contributed by atoms with van der Waals surface area (Å²) in [5.41, 5.74) is 0. The van der Waals surface area contributed by atoms with Crippen molar-refractivity contribution in [1.29, 1.82) is 0 Å². The van der Waals surface area contributed by atoms with E-state index < -0.39 is 8.87 Å². The quantitative estimate of drug-likeness (QED) is 0.617. The highest BCUT2D eigenvalue weighted by molar-refractivity contribution is 8.72. The zero-order valence-corrected chi connectivity index (χ0v) is 8.98. The molecule has 13 heavy (non-hydrogen) atoms. The van der Waals surface area contributed by atoms with Gasteiger partial charge >= 0.3 is 0 Å². The Morgan fingerprint density at radius 3 is 2.77 bits per heavy atom. The van der Waals surface area contributed by atoms with Gasteiger partial charge in [0.2, 0.25) is 8.87 Å². The first kappa shape index (κ1) is 9.80. The van der Waals surface area contributed by atoms with Crippen LogP contribution in [0.15, 0.2) is 0 Å². The zero-order valence-electron chi connectivity index (χ0n) is 7.35. The highest BCUT2D eigenvalue weighted by atomic mass is 33.1. The monoisotopic (exact) mass is 222 g/mol. The second kappa shape index (κ2) is 3.44. The molecule has 1 saturated carbocycles. The van der Waals surface area contributed by atoms with E-state index in [-0.39, 0.29) is 17.8 Å². The lowest BCUT2D eigenvalue weighted by Crippen LogP contribution is -2.36. The Hall–Kier alpha value is 0.260. The van der Waals surface area contributed by atoms with Crippen molar-refractivity contribution in [3.05, 3.63) is 0 Å². The molecule has 1 aliphatic heterocycles. The van der Waals surface area contributed by atoms with Crippen LogP contribution >= 0.6 is 10.8 Å². The maximum atomic E-state index is 11.3. The van der Waals surface area contributed by atoms with Crippen molar-refractivity contribution in [3.8, 4) is 0 Å². The summed E-state index contributed by atoms with van der Waals surface area (Å²) in [6.07, 6.45) is 2.26. The number of fused-ring (bicyclic) bond motifs is 1. The minimum atomic E-state index is -2.87. The van der Waals surface area contributed by atoms with Crippen molar-refractivity contribution in [1.82, 2.24) is 0 Å². The number of rotatable bonds is 0. The lowest BCUT2D eigenvalue weighted by atomic mass is 9.80. The summed E-state index contributed by atoms with van der Waals surface area (Å²) in [5, 5.41) is 9.42. The number of aliphatic hydroxyl groups excluding tert-OH is 1. The molecule has 1 heterocycles. The van der Waals surface area contributed by atoms with Crippen LogP contribution in [0.3, 0.4) is 0 Å². The highest BCUT2D eigenvalue weighted by Gasteiger charge is 2.37. The van der Waals surface area contributed by atoms with Gasteiger partial charge in [-0.05, 0) is 41.9 Å². The Morgan fingerprint density at radius 2 is 2.00 bits per heavy atom. The largest absolute Gasteiger partial charge is 0.393 e. The van der Waals surface area contributed by atoms with Gasteiger partial charge in [-0.1, -0.05) is 0 Å². The van der Waals surface area contributed by atoms with Crippen LogP contribution in [0.5, 0.6) is 0 Å². The van der Waals surface area contributed by atoms with Crippen LogP contribution in [0.25, 0.3) is 0 Å². The van der Waals surface area contributed by atoms with E-state index in [4.69, 9.17) is 0 Å². The fraction of sp³-hybridized carbons (Fsp3) is 1.00. The van der Waals surface area contributed by atoms with Gasteiger partial charge < -0.3 is 5.11 Å². The third kappa shape index (κ3) is 2.19. The van der Waals surface area contributed by atoms with Gasteiger partial charge in [-0.25, -0.2) is 8.42 Å². The number of hydrogen-bond donors (Lipinski definition) is 1. The van der Waals surface area contributed by atoms with E-state index in [9.17, 15) is 13.5 Å². The molecule has 2 fully saturated rings. The van der Waals surface area contributed by atoms with Gasteiger partial charge in [0, 0.05) is 5.75 Å². The average molecular weight is 222 g/mol. The maximum absolute atomic E-state index is 11.3. The Balaban J connectivity index is 2.08. The van der Waals surface area contributed by atoms with Gasteiger partial charge in [-0.2, -0.15) is 0 Å². The standard InChI is InChI=1S/C8H14O3S2/c9-8-2-1-6-4-12-13(10,11)5-7(6)3-8/h6-9H,1-5H2. The molecule has 2 aliphatic rings. The molecule has 1 aliphatic carbocycles. The van der Waals surface area contributed by atoms with Crippen molar-refractivity contribution in [2.45, 2.75) is 25.4 Å². The molecular weight excluding hydrogens is 208 g/mol. The molecule has 0 aromatic rings. The summed E-state index contributed by atoms with van der Waals surface area (Å²) in [6.45, 7) is 0. The van der Waals surface area contributed by atoms with Crippen LogP contribution in [0.1, 0.15) is 19.3 Å². The van der Waals surface area contributed by atoms with Crippen LogP contribution in [0.4, 0.5) is 0 Å². The van der Waals surface area contributed by atoms with Crippen molar-refractivity contribution >= 4 is 19.7 Å². The first-order valence-corrected chi connectivity index (χ1v) is 7.77. The van der Waals surface area contributed by atoms with E-state index in [0.29, 0.717) is 12.3 Å². The normalized spacial score (nSPS) is 43.9. The SMILES string of the molecule is O=S1(=O)CC2CC(O)CCC2CS1. The fourth-order valence-electron chi connectivity index (χ4n) is 2.23. The minimum Gasteiger partial charge on any atom is -0.393 e. The molecule has 0 bridgehead atoms. The summed E-state index contributed by atoms with van der Waals surface area (Å²) in [6, 6.07) is 0. The Kier molecular flexibility index (Phi) is 2.59. The lowest BCUT2D eigenvalue weighted by molar-refractivity contribution is 0.0826. The molecule has 5 heteroatoms. The second-order valence-corrected chi connectivity index (χ2v) is 8.24. The van der Waals surface area contributed by atoms with Crippen LogP contribution < -0.4 is 0 Å². The molecule has 1 saturated heterocycles. The van der Waals surface area contributed by atoms with Crippen molar-refractivity contribution < 1.29 is 13.5 Å². The molecule has 0 radical (unpaired) electrons. The number of hydrogen-bond acceptors (Lipinski definition) is 4. The Labute approximate surface area is 82.2 Å². The first-order valence-electron chi connectivity index (χ1n) is 4.62. The number of aliphatic hydroxyl groups is 1. The molecule has 2 rings (SSSR count). The fourth-order valence-corrected chi connectivity index (χ4v) is 6.04. The van der Waals surface area contributed by atoms with Crippen molar-refractivity contribution in [2.75, 3.05) is 11.5 Å². The van der Waals surface area contributed by atoms with E-state index in [2.05, 4.69) is 0 Å². The summed E-state index contributed by atoms with van der Waals surface area (Å²) in [4.78, 5) is 0. The maximum Gasteiger partial charge on any atom is 0.201 e. The van der Waals surface area contributed by atoms with E-state index in [0.717, 1.165) is 29.4 Å². The van der Waals surface area contributed by atoms with Crippen molar-refractivity contribution in [2.24, 2.45) is 11.8 Å². The summed E-state index contributed by atoms with van der Waals surface area (Å²) >= 11 is 0. The van der Waals surface area contributed by atoms with Gasteiger partial charge in [0.25, 0.3) is 0 Å². The third-order valence-corrected chi connectivity index (χ3v) is 6.65.